The summed E-state index contributed by atoms with van der Waals surface area (Å²) in [6, 6.07) is 15.5. The van der Waals surface area contributed by atoms with Crippen LogP contribution in [0.4, 0.5) is 0 Å². The predicted molar refractivity (Wildman–Crippen MR) is 92.7 cm³/mol. The molecule has 0 fully saturated rings. The fourth-order valence-electron chi connectivity index (χ4n) is 2.94. The van der Waals surface area contributed by atoms with Crippen LogP contribution in [0.3, 0.4) is 0 Å². The molecular formula is C19H14N4O. The molecule has 4 rings (SSSR count). The molecule has 0 radical (unpaired) electrons. The molecule has 0 aliphatic heterocycles. The first kappa shape index (κ1) is 14.2. The van der Waals surface area contributed by atoms with E-state index in [0.29, 0.717) is 5.56 Å². The number of benzene rings is 2. The Labute approximate surface area is 138 Å². The van der Waals surface area contributed by atoms with Gasteiger partial charge < -0.3 is 4.74 Å². The van der Waals surface area contributed by atoms with E-state index in [2.05, 4.69) is 16.2 Å². The number of nitrogens with zero attached hydrogens (tertiary/aromatic N) is 4. The summed E-state index contributed by atoms with van der Waals surface area (Å²) in [6.07, 6.45) is 1.83. The van der Waals surface area contributed by atoms with Crippen molar-refractivity contribution in [2.75, 3.05) is 7.11 Å². The maximum absolute atomic E-state index is 8.98. The van der Waals surface area contributed by atoms with Gasteiger partial charge >= 0.3 is 0 Å². The lowest BCUT2D eigenvalue weighted by atomic mass is 10.0. The lowest BCUT2D eigenvalue weighted by Gasteiger charge is -2.04. The third-order valence-electron chi connectivity index (χ3n) is 4.18. The van der Waals surface area contributed by atoms with Crippen LogP contribution in [-0.4, -0.2) is 21.9 Å². The molecule has 116 valence electrons. The highest BCUT2D eigenvalue weighted by atomic mass is 16.5. The SMILES string of the molecule is COc1ccc2c(c1)ncc1c2c(-c2ccc(C#N)cc2)nn1C. The van der Waals surface area contributed by atoms with Crippen LogP contribution in [-0.2, 0) is 7.05 Å². The molecule has 0 N–H and O–H groups in total. The third-order valence-corrected chi connectivity index (χ3v) is 4.18. The van der Waals surface area contributed by atoms with Gasteiger partial charge in [-0.1, -0.05) is 12.1 Å². The van der Waals surface area contributed by atoms with E-state index in [0.717, 1.165) is 38.8 Å². The number of hydrogen-bond donors (Lipinski definition) is 0. The van der Waals surface area contributed by atoms with Crippen LogP contribution in [0, 0.1) is 11.3 Å². The smallest absolute Gasteiger partial charge is 0.121 e. The van der Waals surface area contributed by atoms with Crippen molar-refractivity contribution in [2.24, 2.45) is 7.05 Å². The van der Waals surface area contributed by atoms with Gasteiger partial charge in [-0.2, -0.15) is 10.4 Å². The first-order chi connectivity index (χ1) is 11.7. The highest BCUT2D eigenvalue weighted by Crippen LogP contribution is 2.34. The van der Waals surface area contributed by atoms with E-state index >= 15 is 0 Å². The quantitative estimate of drug-likeness (QED) is 0.566. The zero-order valence-electron chi connectivity index (χ0n) is 13.3. The van der Waals surface area contributed by atoms with E-state index in [-0.39, 0.29) is 0 Å². The minimum absolute atomic E-state index is 0.634. The minimum atomic E-state index is 0.634. The Kier molecular flexibility index (Phi) is 3.17. The summed E-state index contributed by atoms with van der Waals surface area (Å²) in [7, 11) is 3.55. The van der Waals surface area contributed by atoms with Crippen molar-refractivity contribution >= 4 is 21.8 Å². The zero-order chi connectivity index (χ0) is 16.7. The fourth-order valence-corrected chi connectivity index (χ4v) is 2.94. The van der Waals surface area contributed by atoms with Crippen molar-refractivity contribution in [3.8, 4) is 23.1 Å². The van der Waals surface area contributed by atoms with E-state index in [1.54, 1.807) is 7.11 Å². The summed E-state index contributed by atoms with van der Waals surface area (Å²) in [6.45, 7) is 0. The first-order valence-electron chi connectivity index (χ1n) is 7.51. The van der Waals surface area contributed by atoms with Gasteiger partial charge in [0.15, 0.2) is 0 Å². The summed E-state index contributed by atoms with van der Waals surface area (Å²) >= 11 is 0. The van der Waals surface area contributed by atoms with Crippen LogP contribution in [0.5, 0.6) is 5.75 Å². The average Bonchev–Trinajstić information content (AvgIpc) is 2.98. The number of rotatable bonds is 2. The number of aryl methyl sites for hydroxylation is 1. The Balaban J connectivity index is 2.04. The predicted octanol–water partition coefficient (Wildman–Crippen LogP) is 3.67. The molecule has 0 spiro atoms. The van der Waals surface area contributed by atoms with E-state index in [1.165, 1.54) is 0 Å². The third kappa shape index (κ3) is 2.09. The van der Waals surface area contributed by atoms with Gasteiger partial charge in [0.2, 0.25) is 0 Å². The normalized spacial score (nSPS) is 10.9. The zero-order valence-corrected chi connectivity index (χ0v) is 13.3. The van der Waals surface area contributed by atoms with Gasteiger partial charge in [0.05, 0.1) is 36.0 Å². The number of hydrogen-bond acceptors (Lipinski definition) is 4. The number of fused-ring (bicyclic) bond motifs is 3. The van der Waals surface area contributed by atoms with Crippen molar-refractivity contribution in [2.45, 2.75) is 0 Å². The maximum Gasteiger partial charge on any atom is 0.121 e. The van der Waals surface area contributed by atoms with Crippen LogP contribution >= 0.6 is 0 Å². The molecule has 0 aliphatic carbocycles. The molecule has 4 aromatic rings. The van der Waals surface area contributed by atoms with Gasteiger partial charge in [0, 0.05) is 29.4 Å². The highest BCUT2D eigenvalue weighted by molar-refractivity contribution is 6.11. The van der Waals surface area contributed by atoms with Crippen molar-refractivity contribution in [1.29, 1.82) is 5.26 Å². The molecule has 2 aromatic carbocycles. The van der Waals surface area contributed by atoms with E-state index in [4.69, 9.17) is 10.00 Å². The molecule has 2 heterocycles. The number of ether oxygens (including phenoxy) is 1. The molecule has 0 aliphatic rings. The topological polar surface area (TPSA) is 63.7 Å². The van der Waals surface area contributed by atoms with E-state index in [1.807, 2.05) is 60.4 Å². The van der Waals surface area contributed by atoms with Gasteiger partial charge in [-0.3, -0.25) is 9.67 Å². The lowest BCUT2D eigenvalue weighted by molar-refractivity contribution is 0.415. The maximum atomic E-state index is 8.98. The Hall–Kier alpha value is -3.39. The second-order valence-corrected chi connectivity index (χ2v) is 5.56. The first-order valence-corrected chi connectivity index (χ1v) is 7.51. The highest BCUT2D eigenvalue weighted by Gasteiger charge is 2.15. The van der Waals surface area contributed by atoms with Crippen molar-refractivity contribution in [3.63, 3.8) is 0 Å². The molecule has 0 bridgehead atoms. The van der Waals surface area contributed by atoms with E-state index in [9.17, 15) is 0 Å². The Morgan fingerprint density at radius 1 is 1.12 bits per heavy atom. The Morgan fingerprint density at radius 2 is 1.92 bits per heavy atom. The fraction of sp³-hybridized carbons (Fsp3) is 0.105. The molecule has 0 amide bonds. The van der Waals surface area contributed by atoms with Gasteiger partial charge in [-0.25, -0.2) is 0 Å². The summed E-state index contributed by atoms with van der Waals surface area (Å²) in [4.78, 5) is 4.53. The molecule has 5 heteroatoms. The van der Waals surface area contributed by atoms with Crippen LogP contribution in [0.15, 0.2) is 48.7 Å². The summed E-state index contributed by atoms with van der Waals surface area (Å²) in [5, 5.41) is 15.7. The Bertz CT molecular complexity index is 1100. The molecular weight excluding hydrogens is 300 g/mol. The molecule has 0 saturated carbocycles. The standard InChI is InChI=1S/C19H14N4O/c1-23-17-11-21-16-9-14(24-2)7-8-15(16)18(17)19(22-23)13-5-3-12(10-20)4-6-13/h3-9,11H,1-2H3. The van der Waals surface area contributed by atoms with Gasteiger partial charge in [0.25, 0.3) is 0 Å². The van der Waals surface area contributed by atoms with Gasteiger partial charge in [0.1, 0.15) is 11.4 Å². The van der Waals surface area contributed by atoms with Crippen molar-refractivity contribution in [1.82, 2.24) is 14.8 Å². The monoisotopic (exact) mass is 314 g/mol. The Morgan fingerprint density at radius 3 is 2.62 bits per heavy atom. The number of methoxy groups -OCH3 is 1. The van der Waals surface area contributed by atoms with Crippen molar-refractivity contribution in [3.05, 3.63) is 54.2 Å². The lowest BCUT2D eigenvalue weighted by Crippen LogP contribution is -1.90. The van der Waals surface area contributed by atoms with Crippen LogP contribution in [0.25, 0.3) is 33.1 Å². The second-order valence-electron chi connectivity index (χ2n) is 5.56. The molecule has 24 heavy (non-hydrogen) atoms. The van der Waals surface area contributed by atoms with Crippen LogP contribution in [0.2, 0.25) is 0 Å². The van der Waals surface area contributed by atoms with Gasteiger partial charge in [-0.05, 0) is 24.3 Å². The molecule has 5 nitrogen and oxygen atoms in total. The molecule has 0 unspecified atom stereocenters. The van der Waals surface area contributed by atoms with E-state index < -0.39 is 0 Å². The summed E-state index contributed by atoms with van der Waals surface area (Å²) < 4.78 is 7.12. The molecule has 0 saturated heterocycles. The van der Waals surface area contributed by atoms with Gasteiger partial charge in [-0.15, -0.1) is 0 Å². The number of aromatic nitrogens is 3. The average molecular weight is 314 g/mol. The largest absolute Gasteiger partial charge is 0.497 e. The minimum Gasteiger partial charge on any atom is -0.497 e. The summed E-state index contributed by atoms with van der Waals surface area (Å²) in [5.41, 5.74) is 4.32. The van der Waals surface area contributed by atoms with Crippen molar-refractivity contribution < 1.29 is 4.74 Å². The molecule has 0 atom stereocenters. The molecule has 2 aromatic heterocycles. The number of pyridine rings is 1. The van der Waals surface area contributed by atoms with Crippen LogP contribution in [0.1, 0.15) is 5.56 Å². The summed E-state index contributed by atoms with van der Waals surface area (Å²) in [5.74, 6) is 0.776. The number of nitriles is 1. The second kappa shape index (κ2) is 5.36. The van der Waals surface area contributed by atoms with Crippen LogP contribution < -0.4 is 4.74 Å².